The summed E-state index contributed by atoms with van der Waals surface area (Å²) in [6, 6.07) is 5.13. The van der Waals surface area contributed by atoms with E-state index in [1.807, 2.05) is 12.1 Å². The molecule has 0 atom stereocenters. The standard InChI is InChI=1S/C7H3IN2O/c8-4-1-2-5-6(3-4)10-7(11)9-5/h1-3H. The van der Waals surface area contributed by atoms with Gasteiger partial charge in [-0.25, -0.2) is 4.79 Å². The van der Waals surface area contributed by atoms with Gasteiger partial charge in [0.25, 0.3) is 0 Å². The molecular formula is C7H3IN2O. The molecule has 1 aromatic carbocycles. The monoisotopic (exact) mass is 258 g/mol. The van der Waals surface area contributed by atoms with Crippen molar-refractivity contribution in [2.45, 2.75) is 0 Å². The Balaban J connectivity index is 2.89. The molecule has 1 aromatic rings. The number of carbonyl (C=O) groups excluding carboxylic acids is 1. The van der Waals surface area contributed by atoms with Crippen molar-refractivity contribution < 1.29 is 4.79 Å². The molecule has 2 rings (SSSR count). The minimum atomic E-state index is -0.401. The smallest absolute Gasteiger partial charge is 0.244 e. The third kappa shape index (κ3) is 1.18. The van der Waals surface area contributed by atoms with E-state index < -0.39 is 6.03 Å². The summed E-state index contributed by atoms with van der Waals surface area (Å²) >= 11 is 2.17. The van der Waals surface area contributed by atoms with Gasteiger partial charge in [0.2, 0.25) is 0 Å². The van der Waals surface area contributed by atoms with Gasteiger partial charge in [-0.1, -0.05) is 0 Å². The lowest BCUT2D eigenvalue weighted by Crippen LogP contribution is -2.20. The lowest BCUT2D eigenvalue weighted by atomic mass is 10.3. The number of nitrogens with zero attached hydrogens (tertiary/aromatic N) is 2. The molecule has 0 aromatic heterocycles. The zero-order valence-corrected chi connectivity index (χ0v) is 7.57. The van der Waals surface area contributed by atoms with Gasteiger partial charge in [-0.05, 0) is 40.8 Å². The van der Waals surface area contributed by atoms with Gasteiger partial charge in [-0.3, -0.25) is 0 Å². The summed E-state index contributed by atoms with van der Waals surface area (Å²) in [6.07, 6.45) is 0. The molecule has 54 valence electrons. The van der Waals surface area contributed by atoms with Crippen molar-refractivity contribution in [2.75, 3.05) is 0 Å². The van der Waals surface area contributed by atoms with Crippen molar-refractivity contribution in [3.8, 4) is 0 Å². The molecule has 0 saturated carbocycles. The minimum Gasteiger partial charge on any atom is -0.244 e. The third-order valence-corrected chi connectivity index (χ3v) is 2.04. The lowest BCUT2D eigenvalue weighted by molar-refractivity contribution is 0.256. The van der Waals surface area contributed by atoms with Crippen LogP contribution in [0.4, 0.5) is 4.79 Å². The Morgan fingerprint density at radius 2 is 1.91 bits per heavy atom. The molecule has 4 heteroatoms. The van der Waals surface area contributed by atoms with Gasteiger partial charge >= 0.3 is 6.03 Å². The van der Waals surface area contributed by atoms with Crippen LogP contribution in [0.25, 0.3) is 0 Å². The molecular weight excluding hydrogens is 255 g/mol. The minimum absolute atomic E-state index is 0.401. The van der Waals surface area contributed by atoms with Gasteiger partial charge in [0.05, 0.1) is 10.7 Å². The molecule has 0 fully saturated rings. The summed E-state index contributed by atoms with van der Waals surface area (Å²) < 4.78 is 1.06. The zero-order chi connectivity index (χ0) is 7.84. The number of halogens is 1. The Morgan fingerprint density at radius 1 is 1.18 bits per heavy atom. The number of rotatable bonds is 0. The topological polar surface area (TPSA) is 41.8 Å². The Morgan fingerprint density at radius 3 is 2.73 bits per heavy atom. The maximum atomic E-state index is 10.7. The Kier molecular flexibility index (Phi) is 1.49. The average molecular weight is 258 g/mol. The molecule has 0 spiro atoms. The SMILES string of the molecule is O=C1N=c2ccc(I)cc2=N1. The second-order valence-corrected chi connectivity index (χ2v) is 3.38. The first-order valence-electron chi connectivity index (χ1n) is 3.03. The van der Waals surface area contributed by atoms with Crippen molar-refractivity contribution >= 4 is 28.6 Å². The fraction of sp³-hybridized carbons (Fsp3) is 0. The molecule has 2 amide bonds. The summed E-state index contributed by atoms with van der Waals surface area (Å²) in [5.41, 5.74) is 0. The number of hydrogen-bond acceptors (Lipinski definition) is 1. The van der Waals surface area contributed by atoms with Crippen LogP contribution in [-0.2, 0) is 0 Å². The first kappa shape index (κ1) is 6.90. The predicted octanol–water partition coefficient (Wildman–Crippen LogP) is 0.664. The van der Waals surface area contributed by atoms with E-state index in [-0.39, 0.29) is 0 Å². The Bertz CT molecular complexity index is 438. The molecule has 1 aliphatic heterocycles. The van der Waals surface area contributed by atoms with Crippen LogP contribution in [0, 0.1) is 3.57 Å². The maximum absolute atomic E-state index is 10.7. The van der Waals surface area contributed by atoms with Crippen LogP contribution in [0.5, 0.6) is 0 Å². The number of fused-ring (bicyclic) bond motifs is 1. The van der Waals surface area contributed by atoms with E-state index in [1.165, 1.54) is 0 Å². The molecule has 0 bridgehead atoms. The van der Waals surface area contributed by atoms with Crippen LogP contribution < -0.4 is 10.7 Å². The van der Waals surface area contributed by atoms with E-state index >= 15 is 0 Å². The Hall–Kier alpha value is -0.780. The maximum Gasteiger partial charge on any atom is 0.368 e. The second-order valence-electron chi connectivity index (χ2n) is 2.14. The molecule has 0 N–H and O–H groups in total. The van der Waals surface area contributed by atoms with Crippen molar-refractivity contribution in [2.24, 2.45) is 9.98 Å². The number of hydrogen-bond donors (Lipinski definition) is 0. The molecule has 0 unspecified atom stereocenters. The molecule has 11 heavy (non-hydrogen) atoms. The highest BCUT2D eigenvalue weighted by molar-refractivity contribution is 14.1. The second kappa shape index (κ2) is 2.37. The number of urea groups is 1. The highest BCUT2D eigenvalue weighted by Crippen LogP contribution is 1.97. The summed E-state index contributed by atoms with van der Waals surface area (Å²) in [4.78, 5) is 18.1. The molecule has 0 saturated heterocycles. The molecule has 0 radical (unpaired) electrons. The van der Waals surface area contributed by atoms with E-state index in [0.29, 0.717) is 10.7 Å². The first-order chi connectivity index (χ1) is 5.25. The fourth-order valence-corrected chi connectivity index (χ4v) is 1.39. The van der Waals surface area contributed by atoms with Gasteiger partial charge in [-0.15, -0.1) is 0 Å². The largest absolute Gasteiger partial charge is 0.368 e. The molecule has 1 aliphatic rings. The van der Waals surface area contributed by atoms with Gasteiger partial charge in [0.15, 0.2) is 0 Å². The Labute approximate surface area is 76.0 Å². The zero-order valence-electron chi connectivity index (χ0n) is 5.41. The van der Waals surface area contributed by atoms with Crippen molar-refractivity contribution in [3.05, 3.63) is 32.5 Å². The lowest BCUT2D eigenvalue weighted by Gasteiger charge is -1.83. The molecule has 1 heterocycles. The van der Waals surface area contributed by atoms with Crippen LogP contribution in [0.1, 0.15) is 0 Å². The van der Waals surface area contributed by atoms with E-state index in [1.54, 1.807) is 6.07 Å². The van der Waals surface area contributed by atoms with Crippen LogP contribution in [-0.4, -0.2) is 6.03 Å². The first-order valence-corrected chi connectivity index (χ1v) is 4.10. The summed E-state index contributed by atoms with van der Waals surface area (Å²) in [5, 5.41) is 1.36. The van der Waals surface area contributed by atoms with Crippen molar-refractivity contribution in [3.63, 3.8) is 0 Å². The average Bonchev–Trinajstić information content (AvgIpc) is 2.27. The van der Waals surface area contributed by atoms with Crippen molar-refractivity contribution in [1.29, 1.82) is 0 Å². The van der Waals surface area contributed by atoms with Crippen LogP contribution >= 0.6 is 22.6 Å². The molecule has 3 nitrogen and oxygen atoms in total. The highest BCUT2D eigenvalue weighted by atomic mass is 127. The van der Waals surface area contributed by atoms with E-state index in [2.05, 4.69) is 32.6 Å². The van der Waals surface area contributed by atoms with Gasteiger partial charge in [-0.2, -0.15) is 9.98 Å². The molecule has 0 aliphatic carbocycles. The summed E-state index contributed by atoms with van der Waals surface area (Å²) in [6.45, 7) is 0. The normalized spacial score (nSPS) is 13.7. The van der Waals surface area contributed by atoms with Gasteiger partial charge in [0.1, 0.15) is 0 Å². The summed E-state index contributed by atoms with van der Waals surface area (Å²) in [7, 11) is 0. The van der Waals surface area contributed by atoms with E-state index in [9.17, 15) is 4.79 Å². The fourth-order valence-electron chi connectivity index (χ4n) is 0.912. The predicted molar refractivity (Wildman–Crippen MR) is 46.9 cm³/mol. The highest BCUT2D eigenvalue weighted by Gasteiger charge is 2.03. The van der Waals surface area contributed by atoms with E-state index in [4.69, 9.17) is 0 Å². The van der Waals surface area contributed by atoms with Crippen LogP contribution in [0.15, 0.2) is 28.2 Å². The van der Waals surface area contributed by atoms with Crippen LogP contribution in [0.2, 0.25) is 0 Å². The number of carbonyl (C=O) groups is 1. The number of amides is 2. The van der Waals surface area contributed by atoms with Gasteiger partial charge in [0, 0.05) is 3.57 Å². The van der Waals surface area contributed by atoms with E-state index in [0.717, 1.165) is 3.57 Å². The van der Waals surface area contributed by atoms with Crippen molar-refractivity contribution in [1.82, 2.24) is 0 Å². The van der Waals surface area contributed by atoms with Crippen LogP contribution in [0.3, 0.4) is 0 Å². The summed E-state index contributed by atoms with van der Waals surface area (Å²) in [5.74, 6) is 0. The quantitative estimate of drug-likeness (QED) is 0.630. The van der Waals surface area contributed by atoms with Gasteiger partial charge < -0.3 is 0 Å². The third-order valence-electron chi connectivity index (χ3n) is 1.37. The number of benzene rings is 1.